The Bertz CT molecular complexity index is 354. The molecule has 0 spiro atoms. The molecule has 0 saturated carbocycles. The Labute approximate surface area is 108 Å². The molecule has 0 amide bonds. The Hall–Kier alpha value is -0.510. The second kappa shape index (κ2) is 6.43. The highest BCUT2D eigenvalue weighted by Crippen LogP contribution is 2.27. The Morgan fingerprint density at radius 2 is 2.29 bits per heavy atom. The van der Waals surface area contributed by atoms with Crippen molar-refractivity contribution in [1.29, 1.82) is 0 Å². The van der Waals surface area contributed by atoms with Crippen molar-refractivity contribution < 1.29 is 5.11 Å². The molecular formula is C14H21NOS. The first-order valence-electron chi connectivity index (χ1n) is 6.34. The third-order valence-electron chi connectivity index (χ3n) is 3.18. The fraction of sp³-hybridized carbons (Fsp3) is 0.571. The molecule has 0 bridgehead atoms. The van der Waals surface area contributed by atoms with Gasteiger partial charge in [-0.25, -0.2) is 0 Å². The summed E-state index contributed by atoms with van der Waals surface area (Å²) in [5.41, 5.74) is 2.93. The van der Waals surface area contributed by atoms with E-state index in [-0.39, 0.29) is 6.10 Å². The standard InChI is InChI=1S/C14H21NOS/c1-11(16)6-8-15-14-10-17-9-7-12-4-2-3-5-13(12)14/h2-5,11,14-16H,6-10H2,1H3. The number of hydrogen-bond acceptors (Lipinski definition) is 3. The number of hydrogen-bond donors (Lipinski definition) is 2. The van der Waals surface area contributed by atoms with E-state index in [0.29, 0.717) is 6.04 Å². The monoisotopic (exact) mass is 251 g/mol. The molecule has 0 radical (unpaired) electrons. The van der Waals surface area contributed by atoms with Crippen molar-refractivity contribution >= 4 is 11.8 Å². The summed E-state index contributed by atoms with van der Waals surface area (Å²) in [5, 5.41) is 12.9. The van der Waals surface area contributed by atoms with E-state index in [0.717, 1.165) is 18.7 Å². The first-order valence-corrected chi connectivity index (χ1v) is 7.50. The Morgan fingerprint density at radius 1 is 1.47 bits per heavy atom. The molecule has 2 rings (SSSR count). The van der Waals surface area contributed by atoms with Crippen LogP contribution in [0.3, 0.4) is 0 Å². The van der Waals surface area contributed by atoms with E-state index in [1.54, 1.807) is 0 Å². The van der Waals surface area contributed by atoms with Gasteiger partial charge in [-0.3, -0.25) is 0 Å². The smallest absolute Gasteiger partial charge is 0.0524 e. The largest absolute Gasteiger partial charge is 0.393 e. The first kappa shape index (κ1) is 12.9. The number of aliphatic hydroxyl groups is 1. The summed E-state index contributed by atoms with van der Waals surface area (Å²) in [6.45, 7) is 2.73. The molecule has 3 heteroatoms. The normalized spacial score (nSPS) is 21.6. The maximum absolute atomic E-state index is 9.29. The average Bonchev–Trinajstić information content (AvgIpc) is 2.52. The van der Waals surface area contributed by atoms with Crippen molar-refractivity contribution in [1.82, 2.24) is 5.32 Å². The minimum absolute atomic E-state index is 0.212. The van der Waals surface area contributed by atoms with Crippen LogP contribution in [-0.2, 0) is 6.42 Å². The lowest BCUT2D eigenvalue weighted by molar-refractivity contribution is 0.182. The second-order valence-corrected chi connectivity index (χ2v) is 5.82. The van der Waals surface area contributed by atoms with E-state index >= 15 is 0 Å². The molecule has 17 heavy (non-hydrogen) atoms. The molecule has 2 atom stereocenters. The fourth-order valence-corrected chi connectivity index (χ4v) is 3.27. The van der Waals surface area contributed by atoms with Gasteiger partial charge in [-0.2, -0.15) is 11.8 Å². The highest BCUT2D eigenvalue weighted by Gasteiger charge is 2.17. The lowest BCUT2D eigenvalue weighted by Crippen LogP contribution is -2.26. The predicted molar refractivity (Wildman–Crippen MR) is 74.5 cm³/mol. The molecule has 0 fully saturated rings. The maximum Gasteiger partial charge on any atom is 0.0524 e. The molecule has 2 N–H and O–H groups in total. The van der Waals surface area contributed by atoms with E-state index in [4.69, 9.17) is 0 Å². The van der Waals surface area contributed by atoms with Gasteiger partial charge in [-0.05, 0) is 43.2 Å². The van der Waals surface area contributed by atoms with Gasteiger partial charge in [0, 0.05) is 11.8 Å². The lowest BCUT2D eigenvalue weighted by Gasteiger charge is -2.19. The van der Waals surface area contributed by atoms with Gasteiger partial charge >= 0.3 is 0 Å². The number of rotatable bonds is 4. The summed E-state index contributed by atoms with van der Waals surface area (Å²) in [7, 11) is 0. The molecule has 1 heterocycles. The van der Waals surface area contributed by atoms with Crippen molar-refractivity contribution in [3.8, 4) is 0 Å². The van der Waals surface area contributed by atoms with Crippen LogP contribution in [-0.4, -0.2) is 29.3 Å². The molecule has 1 aliphatic rings. The maximum atomic E-state index is 9.29. The molecular weight excluding hydrogens is 230 g/mol. The van der Waals surface area contributed by atoms with Gasteiger partial charge in [0.2, 0.25) is 0 Å². The van der Waals surface area contributed by atoms with Gasteiger partial charge < -0.3 is 10.4 Å². The zero-order valence-electron chi connectivity index (χ0n) is 10.4. The lowest BCUT2D eigenvalue weighted by atomic mass is 9.99. The van der Waals surface area contributed by atoms with Gasteiger partial charge in [-0.15, -0.1) is 0 Å². The van der Waals surface area contributed by atoms with Crippen LogP contribution >= 0.6 is 11.8 Å². The summed E-state index contributed by atoms with van der Waals surface area (Å²) in [6.07, 6.45) is 1.79. The topological polar surface area (TPSA) is 32.3 Å². The molecule has 1 aliphatic heterocycles. The summed E-state index contributed by atoms with van der Waals surface area (Å²) >= 11 is 2.01. The first-order chi connectivity index (χ1) is 8.27. The third kappa shape index (κ3) is 3.73. The molecule has 0 aromatic heterocycles. The molecule has 0 aliphatic carbocycles. The number of thioether (sulfide) groups is 1. The van der Waals surface area contributed by atoms with Crippen molar-refractivity contribution in [2.75, 3.05) is 18.1 Å². The number of aryl methyl sites for hydroxylation is 1. The number of fused-ring (bicyclic) bond motifs is 1. The minimum Gasteiger partial charge on any atom is -0.393 e. The van der Waals surface area contributed by atoms with Crippen LogP contribution in [0.2, 0.25) is 0 Å². The number of benzene rings is 1. The van der Waals surface area contributed by atoms with Crippen LogP contribution in [0.25, 0.3) is 0 Å². The van der Waals surface area contributed by atoms with Crippen LogP contribution in [0.1, 0.15) is 30.5 Å². The van der Waals surface area contributed by atoms with Crippen molar-refractivity contribution in [3.63, 3.8) is 0 Å². The summed E-state index contributed by atoms with van der Waals surface area (Å²) in [4.78, 5) is 0. The Kier molecular flexibility index (Phi) is 4.89. The van der Waals surface area contributed by atoms with Crippen LogP contribution in [0.4, 0.5) is 0 Å². The van der Waals surface area contributed by atoms with E-state index in [9.17, 15) is 5.11 Å². The van der Waals surface area contributed by atoms with Crippen LogP contribution in [0, 0.1) is 0 Å². The molecule has 2 unspecified atom stereocenters. The quantitative estimate of drug-likeness (QED) is 0.862. The van der Waals surface area contributed by atoms with Gasteiger partial charge in [0.25, 0.3) is 0 Å². The molecule has 1 aromatic rings. The molecule has 2 nitrogen and oxygen atoms in total. The van der Waals surface area contributed by atoms with Gasteiger partial charge in [0.15, 0.2) is 0 Å². The zero-order chi connectivity index (χ0) is 12.1. The highest BCUT2D eigenvalue weighted by molar-refractivity contribution is 7.99. The SMILES string of the molecule is CC(O)CCNC1CSCCc2ccccc21. The highest BCUT2D eigenvalue weighted by atomic mass is 32.2. The summed E-state index contributed by atoms with van der Waals surface area (Å²) in [6, 6.07) is 9.17. The third-order valence-corrected chi connectivity index (χ3v) is 4.25. The van der Waals surface area contributed by atoms with E-state index in [1.807, 2.05) is 18.7 Å². The fourth-order valence-electron chi connectivity index (χ4n) is 2.21. The number of aliphatic hydroxyl groups excluding tert-OH is 1. The number of nitrogens with one attached hydrogen (secondary N) is 1. The van der Waals surface area contributed by atoms with Crippen molar-refractivity contribution in [3.05, 3.63) is 35.4 Å². The average molecular weight is 251 g/mol. The summed E-state index contributed by atoms with van der Waals surface area (Å²) < 4.78 is 0. The van der Waals surface area contributed by atoms with Gasteiger partial charge in [0.1, 0.15) is 0 Å². The minimum atomic E-state index is -0.212. The second-order valence-electron chi connectivity index (χ2n) is 4.67. The van der Waals surface area contributed by atoms with Crippen LogP contribution in [0.15, 0.2) is 24.3 Å². The van der Waals surface area contributed by atoms with E-state index < -0.39 is 0 Å². The van der Waals surface area contributed by atoms with Crippen molar-refractivity contribution in [2.24, 2.45) is 0 Å². The molecule has 94 valence electrons. The van der Waals surface area contributed by atoms with Gasteiger partial charge in [-0.1, -0.05) is 24.3 Å². The Balaban J connectivity index is 2.01. The van der Waals surface area contributed by atoms with E-state index in [1.165, 1.54) is 23.3 Å². The van der Waals surface area contributed by atoms with Gasteiger partial charge in [0.05, 0.1) is 6.10 Å². The Morgan fingerprint density at radius 3 is 3.12 bits per heavy atom. The van der Waals surface area contributed by atoms with Crippen molar-refractivity contribution in [2.45, 2.75) is 31.9 Å². The zero-order valence-corrected chi connectivity index (χ0v) is 11.2. The van der Waals surface area contributed by atoms with Crippen LogP contribution < -0.4 is 5.32 Å². The van der Waals surface area contributed by atoms with E-state index in [2.05, 4.69) is 29.6 Å². The summed E-state index contributed by atoms with van der Waals surface area (Å²) in [5.74, 6) is 2.35. The molecule has 1 aromatic carbocycles. The van der Waals surface area contributed by atoms with Crippen LogP contribution in [0.5, 0.6) is 0 Å². The predicted octanol–water partition coefficient (Wildman–Crippen LogP) is 2.38. The molecule has 0 saturated heterocycles.